The van der Waals surface area contributed by atoms with E-state index >= 15 is 0 Å². The Kier molecular flexibility index (Phi) is 2.92. The van der Waals surface area contributed by atoms with E-state index in [4.69, 9.17) is 21.1 Å². The average Bonchev–Trinajstić information content (AvgIpc) is 2.64. The predicted molar refractivity (Wildman–Crippen MR) is 63.5 cm³/mol. The van der Waals surface area contributed by atoms with Crippen LogP contribution in [0.25, 0.3) is 11.0 Å². The number of methoxy groups -OCH3 is 2. The van der Waals surface area contributed by atoms with Crippen molar-refractivity contribution in [3.05, 3.63) is 17.4 Å². The maximum atomic E-state index is 6.07. The summed E-state index contributed by atoms with van der Waals surface area (Å²) in [5.74, 6) is 1.45. The molecule has 0 amide bonds. The lowest BCUT2D eigenvalue weighted by atomic mass is 10.2. The molecule has 0 bridgehead atoms. The van der Waals surface area contributed by atoms with E-state index in [2.05, 4.69) is 4.98 Å². The number of halogens is 1. The molecule has 2 rings (SSSR count). The highest BCUT2D eigenvalue weighted by Gasteiger charge is 2.16. The van der Waals surface area contributed by atoms with Crippen molar-refractivity contribution in [2.24, 2.45) is 0 Å². The summed E-state index contributed by atoms with van der Waals surface area (Å²) in [5, 5.41) is 0.445. The van der Waals surface area contributed by atoms with Crippen molar-refractivity contribution in [3.8, 4) is 11.5 Å². The molecule has 0 N–H and O–H groups in total. The van der Waals surface area contributed by atoms with Gasteiger partial charge in [0, 0.05) is 6.54 Å². The van der Waals surface area contributed by atoms with Gasteiger partial charge < -0.3 is 14.0 Å². The molecule has 0 fully saturated rings. The molecule has 0 spiro atoms. The number of rotatable bonds is 3. The van der Waals surface area contributed by atoms with Gasteiger partial charge in [0.2, 0.25) is 5.28 Å². The largest absolute Gasteiger partial charge is 0.494 e. The van der Waals surface area contributed by atoms with Crippen molar-refractivity contribution in [2.75, 3.05) is 14.2 Å². The Labute approximate surface area is 98.7 Å². The number of aryl methyl sites for hydroxylation is 1. The molecular weight excluding hydrogens is 228 g/mol. The van der Waals surface area contributed by atoms with E-state index < -0.39 is 0 Å². The highest BCUT2D eigenvalue weighted by molar-refractivity contribution is 6.29. The van der Waals surface area contributed by atoms with Gasteiger partial charge in [-0.3, -0.25) is 0 Å². The van der Waals surface area contributed by atoms with E-state index in [1.54, 1.807) is 14.2 Å². The van der Waals surface area contributed by atoms with Gasteiger partial charge in [-0.15, -0.1) is 0 Å². The molecular formula is C11H13ClN2O2. The summed E-state index contributed by atoms with van der Waals surface area (Å²) < 4.78 is 12.4. The van der Waals surface area contributed by atoms with Crippen molar-refractivity contribution >= 4 is 22.6 Å². The Bertz CT molecular complexity index is 522. The number of fused-ring (bicyclic) bond motifs is 1. The van der Waals surface area contributed by atoms with Gasteiger partial charge >= 0.3 is 0 Å². The summed E-state index contributed by atoms with van der Waals surface area (Å²) in [6.07, 6.45) is 0. The quantitative estimate of drug-likeness (QED) is 0.828. The molecule has 0 atom stereocenters. The van der Waals surface area contributed by atoms with Gasteiger partial charge in [-0.25, -0.2) is 4.98 Å². The summed E-state index contributed by atoms with van der Waals surface area (Å²) in [5.41, 5.74) is 1.60. The minimum Gasteiger partial charge on any atom is -0.494 e. The van der Waals surface area contributed by atoms with Crippen molar-refractivity contribution in [1.82, 2.24) is 9.55 Å². The van der Waals surface area contributed by atoms with Crippen LogP contribution in [-0.2, 0) is 6.54 Å². The first-order valence-corrected chi connectivity index (χ1v) is 5.37. The monoisotopic (exact) mass is 240 g/mol. The second-order valence-corrected chi connectivity index (χ2v) is 3.63. The Morgan fingerprint density at radius 1 is 1.25 bits per heavy atom. The molecule has 0 radical (unpaired) electrons. The van der Waals surface area contributed by atoms with Gasteiger partial charge in [0.1, 0.15) is 22.5 Å². The zero-order chi connectivity index (χ0) is 11.7. The van der Waals surface area contributed by atoms with Crippen LogP contribution in [0.15, 0.2) is 12.1 Å². The van der Waals surface area contributed by atoms with Crippen LogP contribution in [0.3, 0.4) is 0 Å². The molecule has 1 heterocycles. The molecule has 86 valence electrons. The normalized spacial score (nSPS) is 10.8. The average molecular weight is 241 g/mol. The Hall–Kier alpha value is -1.42. The van der Waals surface area contributed by atoms with E-state index in [9.17, 15) is 0 Å². The minimum absolute atomic E-state index is 0.445. The van der Waals surface area contributed by atoms with Crippen molar-refractivity contribution < 1.29 is 9.47 Å². The first-order chi connectivity index (χ1) is 7.72. The number of hydrogen-bond acceptors (Lipinski definition) is 3. The number of aromatic nitrogens is 2. The molecule has 5 heteroatoms. The Balaban J connectivity index is 2.85. The van der Waals surface area contributed by atoms with Crippen LogP contribution in [-0.4, -0.2) is 23.8 Å². The van der Waals surface area contributed by atoms with Crippen LogP contribution in [0.4, 0.5) is 0 Å². The first-order valence-electron chi connectivity index (χ1n) is 4.99. The summed E-state index contributed by atoms with van der Waals surface area (Å²) in [7, 11) is 3.24. The third-order valence-electron chi connectivity index (χ3n) is 2.53. The molecule has 16 heavy (non-hydrogen) atoms. The fraction of sp³-hybridized carbons (Fsp3) is 0.364. The predicted octanol–water partition coefficient (Wildman–Crippen LogP) is 2.73. The van der Waals surface area contributed by atoms with Crippen LogP contribution < -0.4 is 9.47 Å². The summed E-state index contributed by atoms with van der Waals surface area (Å²) in [4.78, 5) is 4.29. The fourth-order valence-corrected chi connectivity index (χ4v) is 2.06. The topological polar surface area (TPSA) is 36.3 Å². The second kappa shape index (κ2) is 4.22. The molecule has 4 nitrogen and oxygen atoms in total. The molecule has 1 aromatic carbocycles. The van der Waals surface area contributed by atoms with Gasteiger partial charge in [-0.2, -0.15) is 0 Å². The number of ether oxygens (including phenoxy) is 2. The number of imidazole rings is 1. The molecule has 0 aliphatic heterocycles. The summed E-state index contributed by atoms with van der Waals surface area (Å²) >= 11 is 6.07. The van der Waals surface area contributed by atoms with E-state index in [1.807, 2.05) is 23.6 Å². The smallest absolute Gasteiger partial charge is 0.203 e. The van der Waals surface area contributed by atoms with Gasteiger partial charge in [-0.05, 0) is 30.7 Å². The Morgan fingerprint density at radius 3 is 2.44 bits per heavy atom. The van der Waals surface area contributed by atoms with E-state index in [1.165, 1.54) is 0 Å². The van der Waals surface area contributed by atoms with Gasteiger partial charge in [0.25, 0.3) is 0 Å². The maximum Gasteiger partial charge on any atom is 0.203 e. The first kappa shape index (κ1) is 11.1. The van der Waals surface area contributed by atoms with Gasteiger partial charge in [0.05, 0.1) is 14.2 Å². The zero-order valence-electron chi connectivity index (χ0n) is 9.45. The fourth-order valence-electron chi connectivity index (χ4n) is 1.77. The molecule has 0 aliphatic rings. The Morgan fingerprint density at radius 2 is 1.88 bits per heavy atom. The highest BCUT2D eigenvalue weighted by Crippen LogP contribution is 2.34. The van der Waals surface area contributed by atoms with E-state index in [-0.39, 0.29) is 0 Å². The van der Waals surface area contributed by atoms with Crippen LogP contribution in [0.2, 0.25) is 5.28 Å². The van der Waals surface area contributed by atoms with Crippen molar-refractivity contribution in [1.29, 1.82) is 0 Å². The molecule has 1 aromatic heterocycles. The molecule has 0 aliphatic carbocycles. The van der Waals surface area contributed by atoms with Crippen molar-refractivity contribution in [3.63, 3.8) is 0 Å². The van der Waals surface area contributed by atoms with E-state index in [0.29, 0.717) is 11.0 Å². The SMILES string of the molecule is CCn1c(Cl)nc2c(OC)ccc(OC)c21. The van der Waals surface area contributed by atoms with Crippen LogP contribution in [0.1, 0.15) is 6.92 Å². The van der Waals surface area contributed by atoms with Gasteiger partial charge in [0.15, 0.2) is 0 Å². The maximum absolute atomic E-state index is 6.07. The highest BCUT2D eigenvalue weighted by atomic mass is 35.5. The number of benzene rings is 1. The summed E-state index contributed by atoms with van der Waals surface area (Å²) in [6, 6.07) is 3.68. The third kappa shape index (κ3) is 1.50. The lowest BCUT2D eigenvalue weighted by Gasteiger charge is -2.08. The van der Waals surface area contributed by atoms with Crippen molar-refractivity contribution in [2.45, 2.75) is 13.5 Å². The number of nitrogens with zero attached hydrogens (tertiary/aromatic N) is 2. The minimum atomic E-state index is 0.445. The standard InChI is InChI=1S/C11H13ClN2O2/c1-4-14-10-8(16-3)6-5-7(15-2)9(10)13-11(14)12/h5-6H,4H2,1-3H3. The van der Waals surface area contributed by atoms with Crippen LogP contribution in [0, 0.1) is 0 Å². The summed E-state index contributed by atoms with van der Waals surface area (Å²) in [6.45, 7) is 2.74. The zero-order valence-corrected chi connectivity index (χ0v) is 10.2. The second-order valence-electron chi connectivity index (χ2n) is 3.29. The third-order valence-corrected chi connectivity index (χ3v) is 2.82. The molecule has 0 saturated carbocycles. The van der Waals surface area contributed by atoms with Gasteiger partial charge in [-0.1, -0.05) is 0 Å². The molecule has 2 aromatic rings. The molecule has 0 saturated heterocycles. The van der Waals surface area contributed by atoms with Crippen LogP contribution in [0.5, 0.6) is 11.5 Å². The molecule has 0 unspecified atom stereocenters. The van der Waals surface area contributed by atoms with E-state index in [0.717, 1.165) is 23.3 Å². The number of hydrogen-bond donors (Lipinski definition) is 0. The lowest BCUT2D eigenvalue weighted by molar-refractivity contribution is 0.408. The van der Waals surface area contributed by atoms with Crippen LogP contribution >= 0.6 is 11.6 Å². The lowest BCUT2D eigenvalue weighted by Crippen LogP contribution is -1.96.